The number of aryl methyl sites for hydroxylation is 1. The highest BCUT2D eigenvalue weighted by Crippen LogP contribution is 2.14. The zero-order valence-corrected chi connectivity index (χ0v) is 15.7. The summed E-state index contributed by atoms with van der Waals surface area (Å²) >= 11 is 0. The van der Waals surface area contributed by atoms with Gasteiger partial charge in [-0.05, 0) is 24.3 Å². The Kier molecular flexibility index (Phi) is 6.27. The van der Waals surface area contributed by atoms with E-state index >= 15 is 0 Å². The van der Waals surface area contributed by atoms with E-state index in [0.717, 1.165) is 15.9 Å². The third kappa shape index (κ3) is 5.23. The lowest BCUT2D eigenvalue weighted by atomic mass is 10.1. The van der Waals surface area contributed by atoms with Crippen molar-refractivity contribution >= 4 is 17.6 Å². The maximum atomic E-state index is 12.4. The van der Waals surface area contributed by atoms with Crippen LogP contribution in [0.4, 0.5) is 5.69 Å². The van der Waals surface area contributed by atoms with Gasteiger partial charge in [0.1, 0.15) is 6.54 Å². The molecule has 146 valence electrons. The number of para-hydroxylation sites is 1. The standard InChI is InChI=1S/C20H18N6O3/c1-15-7-9-16(10-8-15)20-22-24-26(23-20)13-19(28)29-14-18(27)25(12-11-21)17-5-3-2-4-6-17/h2-10H,12-14H2,1H3. The summed E-state index contributed by atoms with van der Waals surface area (Å²) in [5.74, 6) is -0.799. The van der Waals surface area contributed by atoms with Gasteiger partial charge >= 0.3 is 5.97 Å². The maximum absolute atomic E-state index is 12.4. The second-order valence-electron chi connectivity index (χ2n) is 6.14. The highest BCUT2D eigenvalue weighted by atomic mass is 16.5. The lowest BCUT2D eigenvalue weighted by molar-refractivity contribution is -0.148. The van der Waals surface area contributed by atoms with Crippen LogP contribution in [0.5, 0.6) is 0 Å². The second kappa shape index (κ2) is 9.23. The molecule has 0 aliphatic rings. The van der Waals surface area contributed by atoms with Crippen molar-refractivity contribution in [3.05, 3.63) is 60.2 Å². The fourth-order valence-corrected chi connectivity index (χ4v) is 2.51. The van der Waals surface area contributed by atoms with Gasteiger partial charge in [0, 0.05) is 11.3 Å². The van der Waals surface area contributed by atoms with Gasteiger partial charge in [-0.1, -0.05) is 48.0 Å². The number of amides is 1. The number of benzene rings is 2. The van der Waals surface area contributed by atoms with Crippen LogP contribution in [-0.4, -0.2) is 45.2 Å². The molecule has 0 aliphatic heterocycles. The van der Waals surface area contributed by atoms with Gasteiger partial charge in [-0.3, -0.25) is 9.69 Å². The van der Waals surface area contributed by atoms with Gasteiger partial charge in [0.15, 0.2) is 13.2 Å². The molecule has 0 N–H and O–H groups in total. The van der Waals surface area contributed by atoms with Crippen molar-refractivity contribution in [2.75, 3.05) is 18.1 Å². The molecule has 1 aromatic heterocycles. The van der Waals surface area contributed by atoms with Crippen LogP contribution in [0, 0.1) is 18.3 Å². The molecule has 9 nitrogen and oxygen atoms in total. The summed E-state index contributed by atoms with van der Waals surface area (Å²) < 4.78 is 5.02. The van der Waals surface area contributed by atoms with Crippen molar-refractivity contribution in [3.8, 4) is 17.5 Å². The fourth-order valence-electron chi connectivity index (χ4n) is 2.51. The number of rotatable bonds is 7. The van der Waals surface area contributed by atoms with Crippen LogP contribution in [0.2, 0.25) is 0 Å². The minimum Gasteiger partial charge on any atom is -0.454 e. The molecule has 0 radical (unpaired) electrons. The summed E-state index contributed by atoms with van der Waals surface area (Å²) in [5.41, 5.74) is 2.44. The number of anilines is 1. The Balaban J connectivity index is 1.56. The Morgan fingerprint density at radius 3 is 2.55 bits per heavy atom. The Morgan fingerprint density at radius 2 is 1.86 bits per heavy atom. The molecule has 0 atom stereocenters. The number of esters is 1. The van der Waals surface area contributed by atoms with Crippen molar-refractivity contribution in [1.29, 1.82) is 5.26 Å². The quantitative estimate of drug-likeness (QED) is 0.446. The monoisotopic (exact) mass is 390 g/mol. The van der Waals surface area contributed by atoms with Gasteiger partial charge in [-0.2, -0.15) is 10.1 Å². The molecule has 3 rings (SSSR count). The fraction of sp³-hybridized carbons (Fsp3) is 0.200. The summed E-state index contributed by atoms with van der Waals surface area (Å²) in [6.07, 6.45) is 0. The largest absolute Gasteiger partial charge is 0.454 e. The van der Waals surface area contributed by atoms with Crippen LogP contribution in [0.15, 0.2) is 54.6 Å². The van der Waals surface area contributed by atoms with E-state index in [0.29, 0.717) is 11.5 Å². The molecule has 3 aromatic rings. The molecular weight excluding hydrogens is 372 g/mol. The van der Waals surface area contributed by atoms with Crippen molar-refractivity contribution in [1.82, 2.24) is 20.2 Å². The van der Waals surface area contributed by atoms with Crippen LogP contribution >= 0.6 is 0 Å². The molecule has 29 heavy (non-hydrogen) atoms. The number of carbonyl (C=O) groups excluding carboxylic acids is 2. The number of aromatic nitrogens is 4. The van der Waals surface area contributed by atoms with Gasteiger partial charge in [0.25, 0.3) is 5.91 Å². The van der Waals surface area contributed by atoms with E-state index in [9.17, 15) is 9.59 Å². The lowest BCUT2D eigenvalue weighted by Gasteiger charge is -2.19. The Hall–Kier alpha value is -4.06. The minimum atomic E-state index is -0.684. The number of nitrogens with zero attached hydrogens (tertiary/aromatic N) is 6. The van der Waals surface area contributed by atoms with E-state index in [1.807, 2.05) is 37.3 Å². The van der Waals surface area contributed by atoms with Crippen LogP contribution in [0.1, 0.15) is 5.56 Å². The number of tetrazole rings is 1. The van der Waals surface area contributed by atoms with E-state index in [4.69, 9.17) is 10.00 Å². The third-order valence-corrected chi connectivity index (χ3v) is 3.99. The first kappa shape index (κ1) is 19.7. The topological polar surface area (TPSA) is 114 Å². The van der Waals surface area contributed by atoms with Crippen LogP contribution in [0.25, 0.3) is 11.4 Å². The molecule has 0 unspecified atom stereocenters. The average molecular weight is 390 g/mol. The van der Waals surface area contributed by atoms with Crippen LogP contribution < -0.4 is 4.90 Å². The lowest BCUT2D eigenvalue weighted by Crippen LogP contribution is -2.35. The molecule has 9 heteroatoms. The molecule has 0 spiro atoms. The SMILES string of the molecule is Cc1ccc(-c2nnn(CC(=O)OCC(=O)N(CC#N)c3ccccc3)n2)cc1. The molecule has 0 aliphatic carbocycles. The molecule has 2 aromatic carbocycles. The maximum Gasteiger partial charge on any atom is 0.330 e. The molecule has 0 fully saturated rings. The zero-order valence-electron chi connectivity index (χ0n) is 15.7. The normalized spacial score (nSPS) is 10.2. The van der Waals surface area contributed by atoms with Gasteiger partial charge in [-0.25, -0.2) is 4.79 Å². The van der Waals surface area contributed by atoms with E-state index in [1.54, 1.807) is 30.3 Å². The molecule has 1 amide bonds. The van der Waals surface area contributed by atoms with Gasteiger partial charge in [0.05, 0.1) is 6.07 Å². The Labute approximate surface area is 167 Å². The predicted octanol–water partition coefficient (Wildman–Crippen LogP) is 1.75. The molecular formula is C20H18N6O3. The highest BCUT2D eigenvalue weighted by molar-refractivity contribution is 5.95. The van der Waals surface area contributed by atoms with E-state index in [2.05, 4.69) is 15.4 Å². The van der Waals surface area contributed by atoms with E-state index in [1.165, 1.54) is 4.90 Å². The second-order valence-corrected chi connectivity index (χ2v) is 6.14. The number of hydrogen-bond acceptors (Lipinski definition) is 7. The first-order valence-corrected chi connectivity index (χ1v) is 8.79. The zero-order chi connectivity index (χ0) is 20.6. The van der Waals surface area contributed by atoms with Crippen molar-refractivity contribution in [3.63, 3.8) is 0 Å². The summed E-state index contributed by atoms with van der Waals surface area (Å²) in [6, 6.07) is 18.2. The van der Waals surface area contributed by atoms with E-state index < -0.39 is 18.5 Å². The third-order valence-electron chi connectivity index (χ3n) is 3.99. The Morgan fingerprint density at radius 1 is 1.14 bits per heavy atom. The first-order valence-electron chi connectivity index (χ1n) is 8.79. The van der Waals surface area contributed by atoms with Crippen molar-refractivity contribution < 1.29 is 14.3 Å². The minimum absolute atomic E-state index is 0.148. The van der Waals surface area contributed by atoms with Crippen molar-refractivity contribution in [2.24, 2.45) is 0 Å². The molecule has 0 saturated heterocycles. The summed E-state index contributed by atoms with van der Waals surface area (Å²) in [7, 11) is 0. The van der Waals surface area contributed by atoms with Gasteiger partial charge < -0.3 is 4.74 Å². The molecule has 1 heterocycles. The number of nitriles is 1. The smallest absolute Gasteiger partial charge is 0.330 e. The van der Waals surface area contributed by atoms with Gasteiger partial charge in [0.2, 0.25) is 5.82 Å². The van der Waals surface area contributed by atoms with Crippen molar-refractivity contribution in [2.45, 2.75) is 13.5 Å². The van der Waals surface area contributed by atoms with Crippen LogP contribution in [-0.2, 0) is 20.9 Å². The Bertz CT molecular complexity index is 1020. The number of carbonyl (C=O) groups is 2. The highest BCUT2D eigenvalue weighted by Gasteiger charge is 2.18. The average Bonchev–Trinajstić information content (AvgIpc) is 3.19. The molecule has 0 bridgehead atoms. The summed E-state index contributed by atoms with van der Waals surface area (Å²) in [6.45, 7) is 1.05. The number of hydrogen-bond donors (Lipinski definition) is 0. The summed E-state index contributed by atoms with van der Waals surface area (Å²) in [5, 5.41) is 20.8. The first-order chi connectivity index (χ1) is 14.1. The van der Waals surface area contributed by atoms with E-state index in [-0.39, 0.29) is 13.1 Å². The molecule has 0 saturated carbocycles. The number of ether oxygens (including phenoxy) is 1. The summed E-state index contributed by atoms with van der Waals surface area (Å²) in [4.78, 5) is 26.7. The van der Waals surface area contributed by atoms with Crippen LogP contribution in [0.3, 0.4) is 0 Å². The van der Waals surface area contributed by atoms with Gasteiger partial charge in [-0.15, -0.1) is 10.2 Å². The predicted molar refractivity (Wildman–Crippen MR) is 103 cm³/mol.